The second-order valence-corrected chi connectivity index (χ2v) is 5.61. The number of hydrogen-bond donors (Lipinski definition) is 2. The molecule has 2 aliphatic rings. The Morgan fingerprint density at radius 3 is 2.61 bits per heavy atom. The minimum Gasteiger partial charge on any atom is -0.480 e. The fourth-order valence-corrected chi connectivity index (χ4v) is 2.58. The molecular weight excluding hydrogens is 232 g/mol. The highest BCUT2D eigenvalue weighted by Gasteiger charge is 2.34. The summed E-state index contributed by atoms with van der Waals surface area (Å²) in [6.07, 6.45) is 4.37. The third-order valence-corrected chi connectivity index (χ3v) is 3.85. The molecule has 0 spiro atoms. The lowest BCUT2D eigenvalue weighted by Gasteiger charge is -2.33. The van der Waals surface area contributed by atoms with Gasteiger partial charge in [-0.1, -0.05) is 6.92 Å². The summed E-state index contributed by atoms with van der Waals surface area (Å²) in [7, 11) is 0. The number of carbonyl (C=O) groups is 2. The first-order valence-electron chi connectivity index (χ1n) is 6.82. The average molecular weight is 254 g/mol. The highest BCUT2D eigenvalue weighted by molar-refractivity contribution is 5.85. The highest BCUT2D eigenvalue weighted by atomic mass is 16.4. The van der Waals surface area contributed by atoms with Crippen molar-refractivity contribution >= 4 is 11.9 Å². The Kier molecular flexibility index (Phi) is 4.22. The summed E-state index contributed by atoms with van der Waals surface area (Å²) in [6.45, 7) is 3.35. The van der Waals surface area contributed by atoms with Crippen molar-refractivity contribution in [1.82, 2.24) is 10.2 Å². The summed E-state index contributed by atoms with van der Waals surface area (Å²) >= 11 is 0. The average Bonchev–Trinajstić information content (AvgIpc) is 3.11. The molecule has 0 aromatic carbocycles. The van der Waals surface area contributed by atoms with Gasteiger partial charge in [-0.2, -0.15) is 0 Å². The number of amides is 1. The van der Waals surface area contributed by atoms with Crippen molar-refractivity contribution in [3.05, 3.63) is 0 Å². The number of carboxylic acid groups (broad SMARTS) is 1. The molecule has 2 N–H and O–H groups in total. The number of nitrogens with one attached hydrogen (secondary N) is 1. The predicted octanol–water partition coefficient (Wildman–Crippen LogP) is 0.698. The Hall–Kier alpha value is -1.10. The van der Waals surface area contributed by atoms with E-state index in [0.29, 0.717) is 18.4 Å². The molecule has 0 bridgehead atoms. The van der Waals surface area contributed by atoms with Crippen LogP contribution in [0.4, 0.5) is 0 Å². The van der Waals surface area contributed by atoms with Crippen LogP contribution in [-0.2, 0) is 9.59 Å². The molecule has 2 unspecified atom stereocenters. The third kappa shape index (κ3) is 3.45. The van der Waals surface area contributed by atoms with Gasteiger partial charge >= 0.3 is 5.97 Å². The van der Waals surface area contributed by atoms with Crippen LogP contribution >= 0.6 is 0 Å². The van der Waals surface area contributed by atoms with Crippen LogP contribution in [0.3, 0.4) is 0 Å². The van der Waals surface area contributed by atoms with E-state index in [1.54, 1.807) is 0 Å². The Balaban J connectivity index is 1.98. The van der Waals surface area contributed by atoms with E-state index >= 15 is 0 Å². The van der Waals surface area contributed by atoms with E-state index in [0.717, 1.165) is 32.2 Å². The van der Waals surface area contributed by atoms with Crippen molar-refractivity contribution in [2.24, 2.45) is 11.8 Å². The van der Waals surface area contributed by atoms with Crippen molar-refractivity contribution in [2.45, 2.75) is 38.6 Å². The molecule has 0 aromatic rings. The van der Waals surface area contributed by atoms with Crippen molar-refractivity contribution in [3.8, 4) is 0 Å². The van der Waals surface area contributed by atoms with Crippen LogP contribution in [0, 0.1) is 11.8 Å². The van der Waals surface area contributed by atoms with E-state index < -0.39 is 5.97 Å². The summed E-state index contributed by atoms with van der Waals surface area (Å²) in [5, 5.41) is 12.1. The van der Waals surface area contributed by atoms with Crippen LogP contribution < -0.4 is 5.32 Å². The first-order valence-corrected chi connectivity index (χ1v) is 6.82. The molecule has 1 saturated heterocycles. The van der Waals surface area contributed by atoms with Gasteiger partial charge in [0.15, 0.2) is 0 Å². The lowest BCUT2D eigenvalue weighted by molar-refractivity contribution is -0.146. The Bertz CT molecular complexity index is 328. The molecule has 0 radical (unpaired) electrons. The first kappa shape index (κ1) is 13.3. The van der Waals surface area contributed by atoms with Gasteiger partial charge in [-0.25, -0.2) is 0 Å². The maximum atomic E-state index is 12.4. The topological polar surface area (TPSA) is 69.6 Å². The molecule has 2 atom stereocenters. The van der Waals surface area contributed by atoms with Gasteiger partial charge in [-0.05, 0) is 44.1 Å². The number of piperidine rings is 1. The first-order chi connectivity index (χ1) is 8.58. The van der Waals surface area contributed by atoms with E-state index in [1.165, 1.54) is 4.90 Å². The standard InChI is InChI=1S/C13H22N2O3/c1-9-3-2-6-14-12(9)13(18)15(8-11(16)17)7-10-4-5-10/h9-10,12,14H,2-8H2,1H3,(H,16,17). The van der Waals surface area contributed by atoms with Crippen molar-refractivity contribution in [1.29, 1.82) is 0 Å². The number of carbonyl (C=O) groups excluding carboxylic acids is 1. The molecule has 1 aliphatic carbocycles. The van der Waals surface area contributed by atoms with E-state index in [1.807, 2.05) is 0 Å². The zero-order chi connectivity index (χ0) is 13.1. The van der Waals surface area contributed by atoms with Crippen LogP contribution in [0.2, 0.25) is 0 Å². The molecule has 0 aromatic heterocycles. The maximum Gasteiger partial charge on any atom is 0.323 e. The van der Waals surface area contributed by atoms with Gasteiger partial charge in [0.05, 0.1) is 6.04 Å². The molecule has 2 rings (SSSR count). The second kappa shape index (κ2) is 5.69. The van der Waals surface area contributed by atoms with Crippen molar-refractivity contribution < 1.29 is 14.7 Å². The third-order valence-electron chi connectivity index (χ3n) is 3.85. The fraction of sp³-hybridized carbons (Fsp3) is 0.846. The summed E-state index contributed by atoms with van der Waals surface area (Å²) in [4.78, 5) is 24.8. The van der Waals surface area contributed by atoms with Crippen LogP contribution in [0.5, 0.6) is 0 Å². The molecule has 5 nitrogen and oxygen atoms in total. The monoisotopic (exact) mass is 254 g/mol. The van der Waals surface area contributed by atoms with Gasteiger partial charge in [-0.15, -0.1) is 0 Å². The van der Waals surface area contributed by atoms with E-state index in [9.17, 15) is 9.59 Å². The molecule has 1 aliphatic heterocycles. The van der Waals surface area contributed by atoms with Gasteiger partial charge in [0.2, 0.25) is 5.91 Å². The van der Waals surface area contributed by atoms with Gasteiger partial charge in [0, 0.05) is 6.54 Å². The van der Waals surface area contributed by atoms with E-state index in [2.05, 4.69) is 12.2 Å². The summed E-state index contributed by atoms with van der Waals surface area (Å²) < 4.78 is 0. The minimum atomic E-state index is -0.924. The highest BCUT2D eigenvalue weighted by Crippen LogP contribution is 2.30. The molecule has 102 valence electrons. The van der Waals surface area contributed by atoms with Crippen LogP contribution in [-0.4, -0.2) is 47.6 Å². The Labute approximate surface area is 108 Å². The summed E-state index contributed by atoms with van der Waals surface area (Å²) in [6, 6.07) is -0.197. The number of aliphatic carboxylic acids is 1. The molecule has 1 heterocycles. The van der Waals surface area contributed by atoms with Gasteiger partial charge in [0.25, 0.3) is 0 Å². The van der Waals surface area contributed by atoms with Crippen molar-refractivity contribution in [2.75, 3.05) is 19.6 Å². The van der Waals surface area contributed by atoms with Crippen molar-refractivity contribution in [3.63, 3.8) is 0 Å². The maximum absolute atomic E-state index is 12.4. The second-order valence-electron chi connectivity index (χ2n) is 5.61. The lowest BCUT2D eigenvalue weighted by Crippen LogP contribution is -2.53. The molecule has 5 heteroatoms. The van der Waals surface area contributed by atoms with E-state index in [-0.39, 0.29) is 18.5 Å². The van der Waals surface area contributed by atoms with E-state index in [4.69, 9.17) is 5.11 Å². The Morgan fingerprint density at radius 2 is 2.06 bits per heavy atom. The normalized spacial score (nSPS) is 27.8. The van der Waals surface area contributed by atoms with Gasteiger partial charge in [-0.3, -0.25) is 9.59 Å². The quantitative estimate of drug-likeness (QED) is 0.757. The predicted molar refractivity (Wildman–Crippen MR) is 67.1 cm³/mol. The zero-order valence-corrected chi connectivity index (χ0v) is 10.9. The molecule has 1 saturated carbocycles. The lowest BCUT2D eigenvalue weighted by atomic mass is 9.91. The molecule has 1 amide bonds. The number of carboxylic acids is 1. The summed E-state index contributed by atoms with van der Waals surface area (Å²) in [5.41, 5.74) is 0. The van der Waals surface area contributed by atoms with Crippen LogP contribution in [0.1, 0.15) is 32.6 Å². The van der Waals surface area contributed by atoms with Gasteiger partial charge in [0.1, 0.15) is 6.54 Å². The SMILES string of the molecule is CC1CCCNC1C(=O)N(CC(=O)O)CC1CC1. The molecule has 18 heavy (non-hydrogen) atoms. The van der Waals surface area contributed by atoms with Gasteiger partial charge < -0.3 is 15.3 Å². The molecule has 2 fully saturated rings. The zero-order valence-electron chi connectivity index (χ0n) is 10.9. The smallest absolute Gasteiger partial charge is 0.323 e. The molecular formula is C13H22N2O3. The minimum absolute atomic E-state index is 0.0310. The van der Waals surface area contributed by atoms with Crippen LogP contribution in [0.15, 0.2) is 0 Å². The number of nitrogens with zero attached hydrogens (tertiary/aromatic N) is 1. The number of hydrogen-bond acceptors (Lipinski definition) is 3. The van der Waals surface area contributed by atoms with Crippen LogP contribution in [0.25, 0.3) is 0 Å². The number of rotatable bonds is 5. The largest absolute Gasteiger partial charge is 0.480 e. The fourth-order valence-electron chi connectivity index (χ4n) is 2.58. The Morgan fingerprint density at radius 1 is 1.33 bits per heavy atom. The summed E-state index contributed by atoms with van der Waals surface area (Å²) in [5.74, 6) is -0.141.